The summed E-state index contributed by atoms with van der Waals surface area (Å²) in [6.45, 7) is 1.83. The summed E-state index contributed by atoms with van der Waals surface area (Å²) in [6, 6.07) is 7.40. The van der Waals surface area contributed by atoms with Gasteiger partial charge in [-0.3, -0.25) is 9.89 Å². The summed E-state index contributed by atoms with van der Waals surface area (Å²) < 4.78 is 5.47. The molecule has 3 N–H and O–H groups in total. The van der Waals surface area contributed by atoms with Crippen LogP contribution in [0.5, 0.6) is 0 Å². The Morgan fingerprint density at radius 1 is 1.38 bits per heavy atom. The molecule has 2 heterocycles. The molecule has 24 heavy (non-hydrogen) atoms. The fourth-order valence-corrected chi connectivity index (χ4v) is 2.61. The molecule has 8 heteroatoms. The van der Waals surface area contributed by atoms with Gasteiger partial charge in [-0.25, -0.2) is 4.98 Å². The van der Waals surface area contributed by atoms with E-state index in [1.807, 2.05) is 24.3 Å². The van der Waals surface area contributed by atoms with E-state index in [0.717, 1.165) is 25.1 Å². The van der Waals surface area contributed by atoms with Crippen LogP contribution >= 0.6 is 11.6 Å². The van der Waals surface area contributed by atoms with Crippen LogP contribution in [0.2, 0.25) is 5.02 Å². The number of anilines is 1. The predicted molar refractivity (Wildman–Crippen MR) is 90.8 cm³/mol. The Bertz CT molecular complexity index is 667. The van der Waals surface area contributed by atoms with Gasteiger partial charge in [-0.2, -0.15) is 5.10 Å². The number of benzene rings is 1. The van der Waals surface area contributed by atoms with Crippen LogP contribution in [0, 0.1) is 0 Å². The van der Waals surface area contributed by atoms with Crippen LogP contribution < -0.4 is 10.6 Å². The highest BCUT2D eigenvalue weighted by Gasteiger charge is 2.17. The number of amides is 1. The predicted octanol–water partition coefficient (Wildman–Crippen LogP) is 1.91. The number of aromatic amines is 1. The summed E-state index contributed by atoms with van der Waals surface area (Å²) in [6.07, 6.45) is 2.36. The summed E-state index contributed by atoms with van der Waals surface area (Å²) in [5.41, 5.74) is 0.937. The van der Waals surface area contributed by atoms with E-state index in [-0.39, 0.29) is 18.4 Å². The number of nitrogens with zero attached hydrogens (tertiary/aromatic N) is 2. The summed E-state index contributed by atoms with van der Waals surface area (Å²) in [5, 5.41) is 13.7. The van der Waals surface area contributed by atoms with Crippen LogP contribution in [0.4, 0.5) is 5.69 Å². The van der Waals surface area contributed by atoms with Crippen LogP contribution in [0.25, 0.3) is 0 Å². The van der Waals surface area contributed by atoms with Gasteiger partial charge in [-0.15, -0.1) is 0 Å². The third kappa shape index (κ3) is 4.94. The smallest absolute Gasteiger partial charge is 0.227 e. The topological polar surface area (TPSA) is 91.9 Å². The summed E-state index contributed by atoms with van der Waals surface area (Å²) in [5.74, 6) is 1.06. The Morgan fingerprint density at radius 2 is 2.21 bits per heavy atom. The number of ether oxygens (including phenoxy) is 1. The lowest BCUT2D eigenvalue weighted by molar-refractivity contribution is -0.121. The van der Waals surface area contributed by atoms with E-state index in [2.05, 4.69) is 25.8 Å². The van der Waals surface area contributed by atoms with E-state index in [1.165, 1.54) is 0 Å². The maximum absolute atomic E-state index is 11.9. The zero-order valence-electron chi connectivity index (χ0n) is 13.2. The maximum Gasteiger partial charge on any atom is 0.227 e. The lowest BCUT2D eigenvalue weighted by atomic mass is 10.2. The SMILES string of the molecule is O=C(Cc1n[nH]c(CNc2ccc(Cl)cc2)n1)NCC1CCCO1. The third-order valence-electron chi connectivity index (χ3n) is 3.75. The van der Waals surface area contributed by atoms with Gasteiger partial charge in [0.1, 0.15) is 5.82 Å². The first-order chi connectivity index (χ1) is 11.7. The molecule has 2 aromatic rings. The average Bonchev–Trinajstić information content (AvgIpc) is 3.24. The van der Waals surface area contributed by atoms with Gasteiger partial charge in [0.25, 0.3) is 0 Å². The summed E-state index contributed by atoms with van der Waals surface area (Å²) in [7, 11) is 0. The molecule has 0 saturated carbocycles. The van der Waals surface area contributed by atoms with Crippen LogP contribution in [-0.2, 0) is 22.5 Å². The molecule has 1 saturated heterocycles. The molecular weight excluding hydrogens is 330 g/mol. The Balaban J connectivity index is 1.42. The van der Waals surface area contributed by atoms with E-state index in [1.54, 1.807) is 0 Å². The van der Waals surface area contributed by atoms with Crippen molar-refractivity contribution >= 4 is 23.2 Å². The second-order valence-electron chi connectivity index (χ2n) is 5.67. The van der Waals surface area contributed by atoms with Gasteiger partial charge < -0.3 is 15.4 Å². The van der Waals surface area contributed by atoms with E-state index in [9.17, 15) is 4.79 Å². The van der Waals surface area contributed by atoms with Crippen molar-refractivity contribution in [2.45, 2.75) is 31.9 Å². The number of carbonyl (C=O) groups excluding carboxylic acids is 1. The van der Waals surface area contributed by atoms with Gasteiger partial charge in [0, 0.05) is 23.9 Å². The van der Waals surface area contributed by atoms with E-state index >= 15 is 0 Å². The minimum atomic E-state index is -0.0956. The fraction of sp³-hybridized carbons (Fsp3) is 0.438. The van der Waals surface area contributed by atoms with Gasteiger partial charge in [-0.05, 0) is 37.1 Å². The number of rotatable bonds is 7. The van der Waals surface area contributed by atoms with Crippen LogP contribution in [0.3, 0.4) is 0 Å². The average molecular weight is 350 g/mol. The van der Waals surface area contributed by atoms with Gasteiger partial charge in [0.2, 0.25) is 5.91 Å². The second-order valence-corrected chi connectivity index (χ2v) is 6.11. The molecule has 7 nitrogen and oxygen atoms in total. The highest BCUT2D eigenvalue weighted by Crippen LogP contribution is 2.14. The molecule has 1 aromatic heterocycles. The second kappa shape index (κ2) is 8.12. The molecule has 1 aliphatic rings. The van der Waals surface area contributed by atoms with Gasteiger partial charge in [-0.1, -0.05) is 11.6 Å². The minimum Gasteiger partial charge on any atom is -0.378 e. The van der Waals surface area contributed by atoms with Gasteiger partial charge in [0.15, 0.2) is 5.82 Å². The Hall–Kier alpha value is -2.12. The lowest BCUT2D eigenvalue weighted by Crippen LogP contribution is -2.33. The molecule has 128 valence electrons. The van der Waals surface area contributed by atoms with E-state index < -0.39 is 0 Å². The number of hydrogen-bond donors (Lipinski definition) is 3. The number of H-pyrrole nitrogens is 1. The van der Waals surface area contributed by atoms with Gasteiger partial charge >= 0.3 is 0 Å². The molecule has 0 radical (unpaired) electrons. The van der Waals surface area contributed by atoms with Crippen molar-refractivity contribution in [1.82, 2.24) is 20.5 Å². The largest absolute Gasteiger partial charge is 0.378 e. The number of hydrogen-bond acceptors (Lipinski definition) is 5. The third-order valence-corrected chi connectivity index (χ3v) is 4.00. The fourth-order valence-electron chi connectivity index (χ4n) is 2.49. The normalized spacial score (nSPS) is 17.0. The molecule has 1 unspecified atom stereocenters. The first-order valence-electron chi connectivity index (χ1n) is 7.97. The highest BCUT2D eigenvalue weighted by atomic mass is 35.5. The van der Waals surface area contributed by atoms with Crippen molar-refractivity contribution in [3.8, 4) is 0 Å². The van der Waals surface area contributed by atoms with Crippen molar-refractivity contribution in [1.29, 1.82) is 0 Å². The quantitative estimate of drug-likeness (QED) is 0.710. The number of aromatic nitrogens is 3. The van der Waals surface area contributed by atoms with Crippen LogP contribution in [-0.4, -0.2) is 40.3 Å². The number of nitrogens with one attached hydrogen (secondary N) is 3. The molecular formula is C16H20ClN5O2. The minimum absolute atomic E-state index is 0.0956. The zero-order chi connectivity index (χ0) is 16.8. The monoisotopic (exact) mass is 349 g/mol. The standard InChI is InChI=1S/C16H20ClN5O2/c17-11-3-5-12(6-4-11)18-10-15-20-14(21-22-15)8-16(23)19-9-13-2-1-7-24-13/h3-6,13,18H,1-2,7-10H2,(H,19,23)(H,20,21,22). The molecule has 1 aromatic carbocycles. The van der Waals surface area contributed by atoms with Crippen LogP contribution in [0.15, 0.2) is 24.3 Å². The van der Waals surface area contributed by atoms with Crippen LogP contribution in [0.1, 0.15) is 24.5 Å². The molecule has 1 atom stereocenters. The molecule has 3 rings (SSSR count). The van der Waals surface area contributed by atoms with Crippen molar-refractivity contribution in [3.05, 3.63) is 40.9 Å². The molecule has 1 amide bonds. The number of carbonyl (C=O) groups is 1. The first kappa shape index (κ1) is 16.7. The molecule has 1 fully saturated rings. The van der Waals surface area contributed by atoms with Crippen molar-refractivity contribution in [2.24, 2.45) is 0 Å². The molecule has 1 aliphatic heterocycles. The van der Waals surface area contributed by atoms with Crippen molar-refractivity contribution in [3.63, 3.8) is 0 Å². The summed E-state index contributed by atoms with van der Waals surface area (Å²) >= 11 is 5.85. The van der Waals surface area contributed by atoms with E-state index in [4.69, 9.17) is 16.3 Å². The highest BCUT2D eigenvalue weighted by molar-refractivity contribution is 6.30. The van der Waals surface area contributed by atoms with E-state index in [0.29, 0.717) is 29.8 Å². The Labute approximate surface area is 145 Å². The van der Waals surface area contributed by atoms with Gasteiger partial charge in [0.05, 0.1) is 19.1 Å². The van der Waals surface area contributed by atoms with Crippen molar-refractivity contribution < 1.29 is 9.53 Å². The number of halogens is 1. The summed E-state index contributed by atoms with van der Waals surface area (Å²) in [4.78, 5) is 16.2. The van der Waals surface area contributed by atoms with Crippen molar-refractivity contribution in [2.75, 3.05) is 18.5 Å². The maximum atomic E-state index is 11.9. The molecule has 0 spiro atoms. The molecule has 0 bridgehead atoms. The molecule has 0 aliphatic carbocycles. The Morgan fingerprint density at radius 3 is 2.96 bits per heavy atom. The Kier molecular flexibility index (Phi) is 5.66. The zero-order valence-corrected chi connectivity index (χ0v) is 14.0. The first-order valence-corrected chi connectivity index (χ1v) is 8.35. The lowest BCUT2D eigenvalue weighted by Gasteiger charge is -2.09.